The van der Waals surface area contributed by atoms with E-state index in [-0.39, 0.29) is 5.41 Å². The van der Waals surface area contributed by atoms with Crippen molar-refractivity contribution in [1.82, 2.24) is 0 Å². The lowest BCUT2D eigenvalue weighted by atomic mass is 9.60. The highest BCUT2D eigenvalue weighted by Crippen LogP contribution is 2.57. The molecular formula is C18H28O. The topological polar surface area (TPSA) is 17.1 Å². The van der Waals surface area contributed by atoms with Crippen molar-refractivity contribution in [2.45, 2.75) is 59.8 Å². The average Bonchev–Trinajstić information content (AvgIpc) is 2.86. The molecule has 3 aliphatic carbocycles. The van der Waals surface area contributed by atoms with Crippen LogP contribution in [-0.4, -0.2) is 5.78 Å². The Labute approximate surface area is 117 Å². The summed E-state index contributed by atoms with van der Waals surface area (Å²) in [5, 5.41) is 0. The van der Waals surface area contributed by atoms with Gasteiger partial charge in [0.15, 0.2) is 0 Å². The van der Waals surface area contributed by atoms with Crippen molar-refractivity contribution in [3.8, 4) is 0 Å². The first-order valence-electron chi connectivity index (χ1n) is 7.99. The highest BCUT2D eigenvalue weighted by Gasteiger charge is 2.53. The number of hydrogen-bond acceptors (Lipinski definition) is 1. The Morgan fingerprint density at radius 1 is 1.26 bits per heavy atom. The van der Waals surface area contributed by atoms with Gasteiger partial charge >= 0.3 is 0 Å². The van der Waals surface area contributed by atoms with E-state index in [2.05, 4.69) is 39.8 Å². The minimum atomic E-state index is 0.268. The van der Waals surface area contributed by atoms with E-state index in [0.717, 1.165) is 6.42 Å². The lowest BCUT2D eigenvalue weighted by Gasteiger charge is -2.43. The molecule has 0 aromatic heterocycles. The summed E-state index contributed by atoms with van der Waals surface area (Å²) in [4.78, 5) is 12.6. The number of rotatable bonds is 2. The fraction of sp³-hybridized carbons (Fsp3) is 0.833. The van der Waals surface area contributed by atoms with Crippen LogP contribution in [0.2, 0.25) is 0 Å². The van der Waals surface area contributed by atoms with Crippen LogP contribution in [0.25, 0.3) is 0 Å². The van der Waals surface area contributed by atoms with Crippen LogP contribution in [0.5, 0.6) is 0 Å². The number of ketones is 1. The maximum absolute atomic E-state index is 12.6. The highest BCUT2D eigenvalue weighted by atomic mass is 16.1. The smallest absolute Gasteiger partial charge is 0.137 e. The summed E-state index contributed by atoms with van der Waals surface area (Å²) in [6.45, 7) is 9.29. The molecule has 0 aromatic carbocycles. The molecule has 0 amide bonds. The fourth-order valence-electron chi connectivity index (χ4n) is 4.73. The number of carbonyl (C=O) groups is 1. The zero-order valence-corrected chi connectivity index (χ0v) is 12.9. The van der Waals surface area contributed by atoms with Crippen LogP contribution in [0.3, 0.4) is 0 Å². The molecule has 0 radical (unpaired) electrons. The molecule has 106 valence electrons. The molecular weight excluding hydrogens is 232 g/mol. The third-order valence-electron chi connectivity index (χ3n) is 5.80. The Morgan fingerprint density at radius 2 is 1.95 bits per heavy atom. The van der Waals surface area contributed by atoms with E-state index in [1.807, 2.05) is 0 Å². The van der Waals surface area contributed by atoms with E-state index >= 15 is 0 Å². The summed E-state index contributed by atoms with van der Waals surface area (Å²) in [6, 6.07) is 0. The van der Waals surface area contributed by atoms with E-state index in [9.17, 15) is 4.79 Å². The third-order valence-corrected chi connectivity index (χ3v) is 5.80. The second-order valence-corrected chi connectivity index (χ2v) is 8.86. The second kappa shape index (κ2) is 4.20. The first-order chi connectivity index (χ1) is 8.77. The van der Waals surface area contributed by atoms with E-state index in [4.69, 9.17) is 0 Å². The van der Waals surface area contributed by atoms with Gasteiger partial charge in [-0.15, -0.1) is 0 Å². The Balaban J connectivity index is 1.73. The summed E-state index contributed by atoms with van der Waals surface area (Å²) in [6.07, 6.45) is 10.5. The maximum atomic E-state index is 12.6. The van der Waals surface area contributed by atoms with Gasteiger partial charge in [0.25, 0.3) is 0 Å². The molecule has 5 unspecified atom stereocenters. The molecule has 2 saturated carbocycles. The van der Waals surface area contributed by atoms with Crippen LogP contribution in [0.4, 0.5) is 0 Å². The van der Waals surface area contributed by atoms with Gasteiger partial charge in [0, 0.05) is 12.3 Å². The number of hydrogen-bond donors (Lipinski definition) is 0. The standard InChI is InChI=1S/C18H28O/c1-17(2,3)7-8-18(4)10-14-12-5-6-13(9-12)16(14)15(19)11-18/h5-6,12-14,16H,7-11H2,1-4H3. The van der Waals surface area contributed by atoms with Crippen LogP contribution in [0, 0.1) is 34.5 Å². The van der Waals surface area contributed by atoms with Gasteiger partial charge < -0.3 is 0 Å². The van der Waals surface area contributed by atoms with Gasteiger partial charge in [-0.2, -0.15) is 0 Å². The SMILES string of the molecule is CC(C)(C)CCC1(C)CC(=O)C2C3C=CC(C3)C2C1. The molecule has 0 saturated heterocycles. The Kier molecular flexibility index (Phi) is 2.96. The highest BCUT2D eigenvalue weighted by molar-refractivity contribution is 5.84. The average molecular weight is 260 g/mol. The van der Waals surface area contributed by atoms with E-state index in [0.29, 0.717) is 34.9 Å². The third kappa shape index (κ3) is 2.41. The number of Topliss-reactive ketones (excluding diaryl/α,β-unsaturated/α-hetero) is 1. The molecule has 3 rings (SSSR count). The van der Waals surface area contributed by atoms with Gasteiger partial charge in [0.1, 0.15) is 5.78 Å². The second-order valence-electron chi connectivity index (χ2n) is 8.86. The summed E-state index contributed by atoms with van der Waals surface area (Å²) < 4.78 is 0. The van der Waals surface area contributed by atoms with Gasteiger partial charge in [-0.3, -0.25) is 4.79 Å². The van der Waals surface area contributed by atoms with Crippen molar-refractivity contribution in [1.29, 1.82) is 0 Å². The van der Waals surface area contributed by atoms with Crippen LogP contribution < -0.4 is 0 Å². The molecule has 0 aliphatic heterocycles. The van der Waals surface area contributed by atoms with Crippen LogP contribution >= 0.6 is 0 Å². The molecule has 0 aromatic rings. The lowest BCUT2D eigenvalue weighted by molar-refractivity contribution is -0.132. The van der Waals surface area contributed by atoms with E-state index in [1.165, 1.54) is 25.7 Å². The molecule has 0 spiro atoms. The molecule has 5 atom stereocenters. The van der Waals surface area contributed by atoms with E-state index in [1.54, 1.807) is 0 Å². The first-order valence-corrected chi connectivity index (χ1v) is 7.99. The molecule has 1 nitrogen and oxygen atoms in total. The minimum absolute atomic E-state index is 0.268. The number of carbonyl (C=O) groups excluding carboxylic acids is 1. The molecule has 19 heavy (non-hydrogen) atoms. The van der Waals surface area contributed by atoms with Gasteiger partial charge in [-0.05, 0) is 54.3 Å². The van der Waals surface area contributed by atoms with Crippen molar-refractivity contribution < 1.29 is 4.79 Å². The Morgan fingerprint density at radius 3 is 2.63 bits per heavy atom. The molecule has 1 heteroatoms. The van der Waals surface area contributed by atoms with Crippen LogP contribution in [-0.2, 0) is 4.79 Å². The summed E-state index contributed by atoms with van der Waals surface area (Å²) in [5.74, 6) is 2.94. The molecule has 0 N–H and O–H groups in total. The Hall–Kier alpha value is -0.590. The van der Waals surface area contributed by atoms with Gasteiger partial charge in [-0.25, -0.2) is 0 Å². The summed E-state index contributed by atoms with van der Waals surface area (Å²) in [7, 11) is 0. The maximum Gasteiger partial charge on any atom is 0.137 e. The summed E-state index contributed by atoms with van der Waals surface area (Å²) >= 11 is 0. The molecule has 2 bridgehead atoms. The predicted molar refractivity (Wildman–Crippen MR) is 78.8 cm³/mol. The zero-order valence-electron chi connectivity index (χ0n) is 12.9. The van der Waals surface area contributed by atoms with Crippen molar-refractivity contribution in [3.63, 3.8) is 0 Å². The van der Waals surface area contributed by atoms with Crippen molar-refractivity contribution in [2.75, 3.05) is 0 Å². The zero-order chi connectivity index (χ0) is 13.8. The quantitative estimate of drug-likeness (QED) is 0.662. The molecule has 3 aliphatic rings. The van der Waals surface area contributed by atoms with Crippen molar-refractivity contribution in [2.24, 2.45) is 34.5 Å². The summed E-state index contributed by atoms with van der Waals surface area (Å²) in [5.41, 5.74) is 0.654. The largest absolute Gasteiger partial charge is 0.299 e. The van der Waals surface area contributed by atoms with Crippen molar-refractivity contribution >= 4 is 5.78 Å². The fourth-order valence-corrected chi connectivity index (χ4v) is 4.73. The lowest BCUT2D eigenvalue weighted by Crippen LogP contribution is -2.40. The predicted octanol–water partition coefficient (Wildman–Crippen LogP) is 4.62. The molecule has 0 heterocycles. The minimum Gasteiger partial charge on any atom is -0.299 e. The first kappa shape index (κ1) is 13.4. The Bertz CT molecular complexity index is 414. The van der Waals surface area contributed by atoms with E-state index < -0.39 is 0 Å². The number of allylic oxidation sites excluding steroid dienone is 2. The van der Waals surface area contributed by atoms with Gasteiger partial charge in [0.2, 0.25) is 0 Å². The van der Waals surface area contributed by atoms with Crippen LogP contribution in [0.1, 0.15) is 59.8 Å². The van der Waals surface area contributed by atoms with Gasteiger partial charge in [0.05, 0.1) is 0 Å². The van der Waals surface area contributed by atoms with Crippen molar-refractivity contribution in [3.05, 3.63) is 12.2 Å². The van der Waals surface area contributed by atoms with Crippen LogP contribution in [0.15, 0.2) is 12.2 Å². The molecule has 2 fully saturated rings. The monoisotopic (exact) mass is 260 g/mol. The normalized spacial score (nSPS) is 44.7. The van der Waals surface area contributed by atoms with Gasteiger partial charge in [-0.1, -0.05) is 39.8 Å². The number of fused-ring (bicyclic) bond motifs is 5.